The van der Waals surface area contributed by atoms with E-state index >= 15 is 0 Å². The third kappa shape index (κ3) is 2.88. The van der Waals surface area contributed by atoms with Gasteiger partial charge in [-0.1, -0.05) is 0 Å². The second-order valence-electron chi connectivity index (χ2n) is 3.60. The lowest BCUT2D eigenvalue weighted by atomic mass is 10.3. The Morgan fingerprint density at radius 3 is 2.58 bits per heavy atom. The van der Waals surface area contributed by atoms with Gasteiger partial charge in [0.15, 0.2) is 0 Å². The van der Waals surface area contributed by atoms with E-state index in [1.165, 1.54) is 23.7 Å². The van der Waals surface area contributed by atoms with Crippen molar-refractivity contribution >= 4 is 39.3 Å². The summed E-state index contributed by atoms with van der Waals surface area (Å²) in [6.45, 7) is 0.513. The Morgan fingerprint density at radius 1 is 1.21 bits per heavy atom. The third-order valence-corrected chi connectivity index (χ3v) is 3.38. The molecule has 8 nitrogen and oxygen atoms in total. The number of amides is 3. The molecule has 6 N–H and O–H groups in total. The predicted octanol–water partition coefficient (Wildman–Crippen LogP) is -0.328. The number of aromatic nitrogens is 2. The molecule has 0 unspecified atom stereocenters. The number of nitrogens with zero attached hydrogens (tertiary/aromatic N) is 2. The summed E-state index contributed by atoms with van der Waals surface area (Å²) in [6.07, 6.45) is 3.06. The minimum absolute atomic E-state index is 0.252. The van der Waals surface area contributed by atoms with Crippen molar-refractivity contribution in [2.24, 2.45) is 5.73 Å². The molecule has 0 spiro atoms. The molecule has 0 radical (unpaired) electrons. The number of rotatable bonds is 4. The molecular formula is C10H12N6O2S. The largest absolute Gasteiger partial charge is 0.396 e. The SMILES string of the molecule is NC(=O)NCCNC(=O)c1sc2nccnc2c1N. The molecule has 9 heteroatoms. The Labute approximate surface area is 112 Å². The number of fused-ring (bicyclic) bond motifs is 1. The van der Waals surface area contributed by atoms with Gasteiger partial charge in [0.25, 0.3) is 5.91 Å². The molecule has 0 aromatic carbocycles. The van der Waals surface area contributed by atoms with E-state index in [1.807, 2.05) is 0 Å². The second kappa shape index (κ2) is 5.48. The first-order valence-electron chi connectivity index (χ1n) is 5.40. The van der Waals surface area contributed by atoms with Crippen molar-refractivity contribution in [2.75, 3.05) is 18.8 Å². The summed E-state index contributed by atoms with van der Waals surface area (Å²) in [6, 6.07) is -0.635. The van der Waals surface area contributed by atoms with Crippen LogP contribution in [0, 0.1) is 0 Å². The zero-order valence-corrected chi connectivity index (χ0v) is 10.7. The van der Waals surface area contributed by atoms with Crippen LogP contribution in [0.1, 0.15) is 9.67 Å². The van der Waals surface area contributed by atoms with Crippen molar-refractivity contribution in [1.82, 2.24) is 20.6 Å². The topological polar surface area (TPSA) is 136 Å². The van der Waals surface area contributed by atoms with Crippen molar-refractivity contribution in [2.45, 2.75) is 0 Å². The monoisotopic (exact) mass is 280 g/mol. The first kappa shape index (κ1) is 13.0. The standard InChI is InChI=1S/C10H12N6O2S/c11-5-6-9(15-3-1-13-6)19-7(5)8(17)14-2-4-16-10(12)18/h1,3H,2,4,11H2,(H,14,17)(H3,12,16,18). The van der Waals surface area contributed by atoms with Gasteiger partial charge in [0, 0.05) is 25.5 Å². The number of nitrogen functional groups attached to an aromatic ring is 1. The molecule has 0 aliphatic carbocycles. The van der Waals surface area contributed by atoms with Crippen LogP contribution in [0.5, 0.6) is 0 Å². The van der Waals surface area contributed by atoms with Crippen molar-refractivity contribution in [3.63, 3.8) is 0 Å². The second-order valence-corrected chi connectivity index (χ2v) is 4.60. The van der Waals surface area contributed by atoms with Crippen molar-refractivity contribution in [3.05, 3.63) is 17.3 Å². The molecule has 0 fully saturated rings. The number of anilines is 1. The van der Waals surface area contributed by atoms with E-state index < -0.39 is 6.03 Å². The van der Waals surface area contributed by atoms with Crippen molar-refractivity contribution in [1.29, 1.82) is 0 Å². The Morgan fingerprint density at radius 2 is 1.89 bits per heavy atom. The number of hydrogen-bond acceptors (Lipinski definition) is 6. The van der Waals surface area contributed by atoms with E-state index in [9.17, 15) is 9.59 Å². The van der Waals surface area contributed by atoms with Gasteiger partial charge in [-0.05, 0) is 0 Å². The number of primary amides is 1. The predicted molar refractivity (Wildman–Crippen MR) is 71.7 cm³/mol. The average Bonchev–Trinajstić information content (AvgIpc) is 2.72. The first-order valence-corrected chi connectivity index (χ1v) is 6.21. The van der Waals surface area contributed by atoms with Crippen molar-refractivity contribution in [3.8, 4) is 0 Å². The van der Waals surface area contributed by atoms with Gasteiger partial charge in [-0.2, -0.15) is 0 Å². The van der Waals surface area contributed by atoms with Gasteiger partial charge in [-0.25, -0.2) is 14.8 Å². The highest BCUT2D eigenvalue weighted by atomic mass is 32.1. The Hall–Kier alpha value is -2.42. The molecule has 0 saturated carbocycles. The molecule has 0 aliphatic rings. The molecule has 2 aromatic rings. The number of thiophene rings is 1. The highest BCUT2D eigenvalue weighted by molar-refractivity contribution is 7.21. The maximum Gasteiger partial charge on any atom is 0.312 e. The van der Waals surface area contributed by atoms with E-state index in [0.29, 0.717) is 20.9 Å². The molecule has 2 heterocycles. The maximum atomic E-state index is 11.9. The van der Waals surface area contributed by atoms with Crippen LogP contribution in [-0.2, 0) is 0 Å². The lowest BCUT2D eigenvalue weighted by molar-refractivity contribution is 0.0958. The summed E-state index contributed by atoms with van der Waals surface area (Å²) in [4.78, 5) is 31.5. The highest BCUT2D eigenvalue weighted by Gasteiger charge is 2.17. The molecular weight excluding hydrogens is 268 g/mol. The minimum atomic E-state index is -0.635. The number of carbonyl (C=O) groups is 2. The minimum Gasteiger partial charge on any atom is -0.396 e. The Balaban J connectivity index is 2.05. The van der Waals surface area contributed by atoms with E-state index in [2.05, 4.69) is 20.6 Å². The smallest absolute Gasteiger partial charge is 0.312 e. The molecule has 2 rings (SSSR count). The number of nitrogens with one attached hydrogen (secondary N) is 2. The fourth-order valence-electron chi connectivity index (χ4n) is 1.45. The molecule has 0 atom stereocenters. The van der Waals surface area contributed by atoms with Gasteiger partial charge in [0.05, 0.1) is 5.69 Å². The fraction of sp³-hybridized carbons (Fsp3) is 0.200. The average molecular weight is 280 g/mol. The zero-order chi connectivity index (χ0) is 13.8. The number of hydrogen-bond donors (Lipinski definition) is 4. The lowest BCUT2D eigenvalue weighted by Crippen LogP contribution is -2.37. The van der Waals surface area contributed by atoms with Crippen LogP contribution in [-0.4, -0.2) is 35.0 Å². The van der Waals surface area contributed by atoms with Gasteiger partial charge in [-0.15, -0.1) is 11.3 Å². The molecule has 3 amide bonds. The molecule has 0 bridgehead atoms. The van der Waals surface area contributed by atoms with Crippen LogP contribution in [0.15, 0.2) is 12.4 Å². The third-order valence-electron chi connectivity index (χ3n) is 2.28. The van der Waals surface area contributed by atoms with Crippen LogP contribution in [0.25, 0.3) is 10.3 Å². The van der Waals surface area contributed by atoms with E-state index in [-0.39, 0.29) is 19.0 Å². The van der Waals surface area contributed by atoms with Gasteiger partial charge in [0.2, 0.25) is 0 Å². The van der Waals surface area contributed by atoms with Gasteiger partial charge < -0.3 is 22.1 Å². The Bertz CT molecular complexity index is 626. The summed E-state index contributed by atoms with van der Waals surface area (Å²) in [5, 5.41) is 4.99. The van der Waals surface area contributed by atoms with Crippen LogP contribution in [0.4, 0.5) is 10.5 Å². The summed E-state index contributed by atoms with van der Waals surface area (Å²) >= 11 is 1.17. The molecule has 19 heavy (non-hydrogen) atoms. The van der Waals surface area contributed by atoms with Gasteiger partial charge in [0.1, 0.15) is 15.2 Å². The molecule has 0 aliphatic heterocycles. The van der Waals surface area contributed by atoms with Gasteiger partial charge in [-0.3, -0.25) is 4.79 Å². The summed E-state index contributed by atoms with van der Waals surface area (Å²) in [5.74, 6) is -0.325. The normalized spacial score (nSPS) is 10.3. The summed E-state index contributed by atoms with van der Waals surface area (Å²) in [7, 11) is 0. The van der Waals surface area contributed by atoms with Crippen molar-refractivity contribution < 1.29 is 9.59 Å². The first-order chi connectivity index (χ1) is 9.09. The van der Waals surface area contributed by atoms with Crippen LogP contribution < -0.4 is 22.1 Å². The van der Waals surface area contributed by atoms with E-state index in [1.54, 1.807) is 0 Å². The van der Waals surface area contributed by atoms with E-state index in [4.69, 9.17) is 11.5 Å². The highest BCUT2D eigenvalue weighted by Crippen LogP contribution is 2.29. The summed E-state index contributed by atoms with van der Waals surface area (Å²) < 4.78 is 0. The van der Waals surface area contributed by atoms with E-state index in [0.717, 1.165) is 0 Å². The number of nitrogens with two attached hydrogens (primary N) is 2. The summed E-state index contributed by atoms with van der Waals surface area (Å²) in [5.41, 5.74) is 11.6. The van der Waals surface area contributed by atoms with Gasteiger partial charge >= 0.3 is 6.03 Å². The number of urea groups is 1. The van der Waals surface area contributed by atoms with Crippen LogP contribution >= 0.6 is 11.3 Å². The fourth-order valence-corrected chi connectivity index (χ4v) is 2.39. The Kier molecular flexibility index (Phi) is 3.76. The lowest BCUT2D eigenvalue weighted by Gasteiger charge is -2.04. The zero-order valence-electron chi connectivity index (χ0n) is 9.84. The van der Waals surface area contributed by atoms with Crippen LogP contribution in [0.3, 0.4) is 0 Å². The number of carbonyl (C=O) groups excluding carboxylic acids is 2. The molecule has 0 saturated heterocycles. The molecule has 100 valence electrons. The molecule has 2 aromatic heterocycles. The maximum absolute atomic E-state index is 11.9. The quantitative estimate of drug-likeness (QED) is 0.568. The van der Waals surface area contributed by atoms with Crippen LogP contribution in [0.2, 0.25) is 0 Å².